The van der Waals surface area contributed by atoms with Crippen LogP contribution in [0.2, 0.25) is 0 Å². The molecule has 1 aromatic heterocycles. The lowest BCUT2D eigenvalue weighted by molar-refractivity contribution is -0.0625. The lowest BCUT2D eigenvalue weighted by atomic mass is 10.1. The van der Waals surface area contributed by atoms with E-state index >= 15 is 0 Å². The molecule has 4 N–H and O–H groups in total. The fourth-order valence-electron chi connectivity index (χ4n) is 2.48. The number of methoxy groups -OCH3 is 1. The number of likely N-dealkylation sites (N-methyl/N-ethyl adjacent to an activating group) is 1. The standard InChI is InChI=1S/C12H20N4O4/c1-6-4-16(12(18)15-10(6)13)11-9(19-3)8(14-2)7(5-17)20-11/h4,7-9,11,14,17H,5H2,1-3H3,(H2,13,15,18). The van der Waals surface area contributed by atoms with Crippen molar-refractivity contribution in [1.29, 1.82) is 0 Å². The summed E-state index contributed by atoms with van der Waals surface area (Å²) in [5.41, 5.74) is 5.78. The lowest BCUT2D eigenvalue weighted by Gasteiger charge is -2.23. The number of nitrogens with zero attached hydrogens (tertiary/aromatic N) is 2. The average molecular weight is 284 g/mol. The van der Waals surface area contributed by atoms with Gasteiger partial charge in [-0.3, -0.25) is 4.57 Å². The van der Waals surface area contributed by atoms with Crippen LogP contribution in [0.1, 0.15) is 11.8 Å². The van der Waals surface area contributed by atoms with Crippen molar-refractivity contribution in [2.45, 2.75) is 31.4 Å². The summed E-state index contributed by atoms with van der Waals surface area (Å²) in [5, 5.41) is 12.4. The Bertz CT molecular complexity index is 533. The highest BCUT2D eigenvalue weighted by Crippen LogP contribution is 2.30. The van der Waals surface area contributed by atoms with E-state index in [9.17, 15) is 9.90 Å². The second-order valence-electron chi connectivity index (χ2n) is 4.76. The van der Waals surface area contributed by atoms with Crippen LogP contribution < -0.4 is 16.7 Å². The van der Waals surface area contributed by atoms with Crippen LogP contribution in [0.4, 0.5) is 5.82 Å². The third-order valence-corrected chi connectivity index (χ3v) is 3.58. The molecule has 20 heavy (non-hydrogen) atoms. The summed E-state index contributed by atoms with van der Waals surface area (Å²) in [4.78, 5) is 15.7. The lowest BCUT2D eigenvalue weighted by Crippen LogP contribution is -2.45. The molecule has 1 aromatic rings. The van der Waals surface area contributed by atoms with E-state index in [1.807, 2.05) is 0 Å². The number of aryl methyl sites for hydroxylation is 1. The Morgan fingerprint density at radius 3 is 2.90 bits per heavy atom. The molecule has 8 nitrogen and oxygen atoms in total. The SMILES string of the molecule is CNC1C(CO)OC(n2cc(C)c(N)nc2=O)C1OC. The van der Waals surface area contributed by atoms with Crippen LogP contribution in [0, 0.1) is 6.92 Å². The number of anilines is 1. The van der Waals surface area contributed by atoms with Gasteiger partial charge in [-0.2, -0.15) is 4.98 Å². The van der Waals surface area contributed by atoms with Gasteiger partial charge in [-0.15, -0.1) is 0 Å². The molecule has 8 heteroatoms. The van der Waals surface area contributed by atoms with Crippen LogP contribution in [-0.4, -0.2) is 53.7 Å². The minimum Gasteiger partial charge on any atom is -0.394 e. The quantitative estimate of drug-likeness (QED) is 0.625. The van der Waals surface area contributed by atoms with E-state index < -0.39 is 24.1 Å². The van der Waals surface area contributed by atoms with Crippen LogP contribution in [0.5, 0.6) is 0 Å². The fraction of sp³-hybridized carbons (Fsp3) is 0.667. The van der Waals surface area contributed by atoms with Crippen molar-refractivity contribution >= 4 is 5.82 Å². The number of ether oxygens (including phenoxy) is 2. The van der Waals surface area contributed by atoms with E-state index in [4.69, 9.17) is 15.2 Å². The summed E-state index contributed by atoms with van der Waals surface area (Å²) in [6, 6.07) is -0.222. The van der Waals surface area contributed by atoms with Gasteiger partial charge in [0, 0.05) is 18.9 Å². The highest BCUT2D eigenvalue weighted by molar-refractivity contribution is 5.35. The molecule has 1 aliphatic rings. The summed E-state index contributed by atoms with van der Waals surface area (Å²) in [6.45, 7) is 1.59. The van der Waals surface area contributed by atoms with E-state index in [0.717, 1.165) is 0 Å². The summed E-state index contributed by atoms with van der Waals surface area (Å²) < 4.78 is 12.5. The molecule has 0 aromatic carbocycles. The smallest absolute Gasteiger partial charge is 0.351 e. The number of hydrogen-bond donors (Lipinski definition) is 3. The molecule has 0 saturated carbocycles. The predicted octanol–water partition coefficient (Wildman–Crippen LogP) is -1.37. The Morgan fingerprint density at radius 2 is 2.35 bits per heavy atom. The van der Waals surface area contributed by atoms with Gasteiger partial charge in [0.2, 0.25) is 0 Å². The van der Waals surface area contributed by atoms with Gasteiger partial charge in [-0.25, -0.2) is 4.79 Å². The van der Waals surface area contributed by atoms with Crippen LogP contribution in [0.3, 0.4) is 0 Å². The van der Waals surface area contributed by atoms with Crippen molar-refractivity contribution in [3.63, 3.8) is 0 Å². The third-order valence-electron chi connectivity index (χ3n) is 3.58. The van der Waals surface area contributed by atoms with Gasteiger partial charge in [0.25, 0.3) is 0 Å². The van der Waals surface area contributed by atoms with Gasteiger partial charge >= 0.3 is 5.69 Å². The molecular weight excluding hydrogens is 264 g/mol. The van der Waals surface area contributed by atoms with Gasteiger partial charge in [-0.05, 0) is 14.0 Å². The number of aliphatic hydroxyl groups is 1. The van der Waals surface area contributed by atoms with Gasteiger partial charge < -0.3 is 25.6 Å². The van der Waals surface area contributed by atoms with Crippen molar-refractivity contribution in [2.24, 2.45) is 0 Å². The first kappa shape index (κ1) is 14.9. The molecule has 0 radical (unpaired) electrons. The van der Waals surface area contributed by atoms with Gasteiger partial charge in [0.05, 0.1) is 12.6 Å². The molecule has 0 spiro atoms. The van der Waals surface area contributed by atoms with E-state index in [0.29, 0.717) is 5.56 Å². The largest absolute Gasteiger partial charge is 0.394 e. The van der Waals surface area contributed by atoms with E-state index in [1.165, 1.54) is 11.7 Å². The number of aliphatic hydroxyl groups excluding tert-OH is 1. The Labute approximate surface area is 116 Å². The van der Waals surface area contributed by atoms with Gasteiger partial charge in [0.15, 0.2) is 6.23 Å². The Morgan fingerprint density at radius 1 is 1.65 bits per heavy atom. The molecule has 1 aliphatic heterocycles. The second-order valence-corrected chi connectivity index (χ2v) is 4.76. The Balaban J connectivity index is 2.41. The molecule has 4 atom stereocenters. The molecular formula is C12H20N4O4. The highest BCUT2D eigenvalue weighted by atomic mass is 16.6. The minimum absolute atomic E-state index is 0.169. The number of nitrogens with two attached hydrogens (primary N) is 1. The van der Waals surface area contributed by atoms with Crippen molar-refractivity contribution in [3.05, 3.63) is 22.2 Å². The summed E-state index contributed by atoms with van der Waals surface area (Å²) >= 11 is 0. The first-order valence-corrected chi connectivity index (χ1v) is 6.35. The molecule has 4 unspecified atom stereocenters. The fourth-order valence-corrected chi connectivity index (χ4v) is 2.48. The summed E-state index contributed by atoms with van der Waals surface area (Å²) in [5.74, 6) is 0.196. The number of nitrogen functional groups attached to an aromatic ring is 1. The second kappa shape index (κ2) is 5.88. The zero-order chi connectivity index (χ0) is 14.9. The highest BCUT2D eigenvalue weighted by Gasteiger charge is 2.45. The molecule has 112 valence electrons. The summed E-state index contributed by atoms with van der Waals surface area (Å²) in [6.07, 6.45) is 0.0571. The van der Waals surface area contributed by atoms with E-state index in [-0.39, 0.29) is 18.5 Å². The number of rotatable bonds is 4. The van der Waals surface area contributed by atoms with Crippen LogP contribution in [0.15, 0.2) is 11.0 Å². The average Bonchev–Trinajstić information content (AvgIpc) is 2.80. The van der Waals surface area contributed by atoms with Crippen LogP contribution >= 0.6 is 0 Å². The van der Waals surface area contributed by atoms with Crippen LogP contribution in [0.25, 0.3) is 0 Å². The van der Waals surface area contributed by atoms with Crippen molar-refractivity contribution in [1.82, 2.24) is 14.9 Å². The molecule has 0 aliphatic carbocycles. The van der Waals surface area contributed by atoms with Crippen molar-refractivity contribution in [2.75, 3.05) is 26.5 Å². The Hall–Kier alpha value is -1.48. The molecule has 1 saturated heterocycles. The topological polar surface area (TPSA) is 112 Å². The monoisotopic (exact) mass is 284 g/mol. The van der Waals surface area contributed by atoms with E-state index in [1.54, 1.807) is 20.2 Å². The van der Waals surface area contributed by atoms with Gasteiger partial charge in [0.1, 0.15) is 18.0 Å². The molecule has 2 heterocycles. The zero-order valence-corrected chi connectivity index (χ0v) is 11.7. The van der Waals surface area contributed by atoms with Crippen molar-refractivity contribution in [3.8, 4) is 0 Å². The maximum absolute atomic E-state index is 12.0. The Kier molecular flexibility index (Phi) is 4.39. The van der Waals surface area contributed by atoms with Crippen LogP contribution in [-0.2, 0) is 9.47 Å². The molecule has 1 fully saturated rings. The first-order chi connectivity index (χ1) is 9.53. The minimum atomic E-state index is -0.658. The zero-order valence-electron chi connectivity index (χ0n) is 11.7. The number of hydrogen-bond acceptors (Lipinski definition) is 7. The third kappa shape index (κ3) is 2.42. The maximum atomic E-state index is 12.0. The maximum Gasteiger partial charge on any atom is 0.351 e. The predicted molar refractivity (Wildman–Crippen MR) is 72.3 cm³/mol. The van der Waals surface area contributed by atoms with Crippen molar-refractivity contribution < 1.29 is 14.6 Å². The number of aromatic nitrogens is 2. The first-order valence-electron chi connectivity index (χ1n) is 6.35. The normalized spacial score (nSPS) is 29.8. The number of nitrogens with one attached hydrogen (secondary N) is 1. The molecule has 2 rings (SSSR count). The van der Waals surface area contributed by atoms with E-state index in [2.05, 4.69) is 10.3 Å². The molecule has 0 bridgehead atoms. The van der Waals surface area contributed by atoms with Gasteiger partial charge in [-0.1, -0.05) is 0 Å². The summed E-state index contributed by atoms with van der Waals surface area (Å²) in [7, 11) is 3.29. The molecule has 0 amide bonds.